The summed E-state index contributed by atoms with van der Waals surface area (Å²) in [5.41, 5.74) is 0.939. The number of fused-ring (bicyclic) bond motifs is 2. The summed E-state index contributed by atoms with van der Waals surface area (Å²) in [6, 6.07) is 1.09. The first-order valence-corrected chi connectivity index (χ1v) is 7.19. The molecule has 0 spiro atoms. The molecule has 2 fully saturated rings. The van der Waals surface area contributed by atoms with E-state index in [1.54, 1.807) is 0 Å². The van der Waals surface area contributed by atoms with Gasteiger partial charge in [0.15, 0.2) is 5.11 Å². The molecule has 1 saturated heterocycles. The standard InChI is InChI=1S/C14H26N2S/c1-10(2)15-12(17)16-9-14(5)7-11(16)6-13(3,4)8-14/h10-11H,6-9H2,1-5H3,(H,15,17)/t11-,14+/m0/s1. The van der Waals surface area contributed by atoms with E-state index in [0.717, 1.165) is 11.7 Å². The second-order valence-electron chi connectivity index (χ2n) is 7.45. The van der Waals surface area contributed by atoms with Gasteiger partial charge >= 0.3 is 0 Å². The number of likely N-dealkylation sites (tertiary alicyclic amines) is 1. The van der Waals surface area contributed by atoms with Crippen molar-refractivity contribution in [1.82, 2.24) is 10.2 Å². The Morgan fingerprint density at radius 1 is 1.29 bits per heavy atom. The summed E-state index contributed by atoms with van der Waals surface area (Å²) in [7, 11) is 0. The van der Waals surface area contributed by atoms with E-state index in [1.165, 1.54) is 19.3 Å². The monoisotopic (exact) mass is 254 g/mol. The Morgan fingerprint density at radius 3 is 2.53 bits per heavy atom. The normalized spacial score (nSPS) is 35.2. The Morgan fingerprint density at radius 2 is 1.94 bits per heavy atom. The minimum atomic E-state index is 0.434. The zero-order chi connectivity index (χ0) is 12.8. The molecule has 0 aromatic heterocycles. The lowest BCUT2D eigenvalue weighted by Gasteiger charge is -2.39. The zero-order valence-electron chi connectivity index (χ0n) is 11.8. The van der Waals surface area contributed by atoms with Gasteiger partial charge < -0.3 is 10.2 Å². The molecule has 2 aliphatic rings. The van der Waals surface area contributed by atoms with E-state index in [1.807, 2.05) is 0 Å². The van der Waals surface area contributed by atoms with Crippen LogP contribution in [0.25, 0.3) is 0 Å². The summed E-state index contributed by atoms with van der Waals surface area (Å²) in [6.45, 7) is 12.7. The number of hydrogen-bond acceptors (Lipinski definition) is 1. The van der Waals surface area contributed by atoms with Crippen LogP contribution in [0.3, 0.4) is 0 Å². The largest absolute Gasteiger partial charge is 0.360 e. The molecule has 0 aromatic carbocycles. The number of rotatable bonds is 1. The van der Waals surface area contributed by atoms with Crippen LogP contribution in [0.15, 0.2) is 0 Å². The van der Waals surface area contributed by atoms with E-state index in [2.05, 4.69) is 44.8 Å². The Bertz CT molecular complexity index is 324. The van der Waals surface area contributed by atoms with Crippen LogP contribution in [0, 0.1) is 10.8 Å². The fourth-order valence-corrected chi connectivity index (χ4v) is 4.48. The molecular formula is C14H26N2S. The summed E-state index contributed by atoms with van der Waals surface area (Å²) >= 11 is 5.55. The maximum absolute atomic E-state index is 5.55. The number of nitrogens with one attached hydrogen (secondary N) is 1. The van der Waals surface area contributed by atoms with E-state index < -0.39 is 0 Å². The van der Waals surface area contributed by atoms with Gasteiger partial charge in [-0.1, -0.05) is 20.8 Å². The first-order chi connectivity index (χ1) is 7.71. The molecule has 2 nitrogen and oxygen atoms in total. The third-order valence-corrected chi connectivity index (χ3v) is 4.44. The summed E-state index contributed by atoms with van der Waals surface area (Å²) < 4.78 is 0. The van der Waals surface area contributed by atoms with Crippen molar-refractivity contribution in [2.75, 3.05) is 6.54 Å². The quantitative estimate of drug-likeness (QED) is 0.724. The van der Waals surface area contributed by atoms with Crippen LogP contribution in [0.1, 0.15) is 53.9 Å². The third-order valence-electron chi connectivity index (χ3n) is 4.09. The summed E-state index contributed by atoms with van der Waals surface area (Å²) in [5, 5.41) is 4.36. The highest BCUT2D eigenvalue weighted by Gasteiger charge is 2.50. The van der Waals surface area contributed by atoms with Crippen LogP contribution in [0.2, 0.25) is 0 Å². The molecule has 1 N–H and O–H groups in total. The summed E-state index contributed by atoms with van der Waals surface area (Å²) in [6.07, 6.45) is 3.93. The highest BCUT2D eigenvalue weighted by atomic mass is 32.1. The number of hydrogen-bond donors (Lipinski definition) is 1. The molecule has 0 amide bonds. The lowest BCUT2D eigenvalue weighted by molar-refractivity contribution is 0.132. The second-order valence-corrected chi connectivity index (χ2v) is 7.83. The average molecular weight is 254 g/mol. The molecule has 1 heterocycles. The van der Waals surface area contributed by atoms with Gasteiger partial charge in [0.05, 0.1) is 0 Å². The lowest BCUT2D eigenvalue weighted by Crippen LogP contribution is -2.45. The van der Waals surface area contributed by atoms with Crippen molar-refractivity contribution >= 4 is 17.3 Å². The minimum Gasteiger partial charge on any atom is -0.360 e. The van der Waals surface area contributed by atoms with Gasteiger partial charge in [-0.25, -0.2) is 0 Å². The molecule has 0 unspecified atom stereocenters. The van der Waals surface area contributed by atoms with Gasteiger partial charge in [-0.2, -0.15) is 0 Å². The Hall–Kier alpha value is -0.310. The van der Waals surface area contributed by atoms with Crippen molar-refractivity contribution < 1.29 is 0 Å². The smallest absolute Gasteiger partial charge is 0.169 e. The lowest BCUT2D eigenvalue weighted by atomic mass is 9.65. The molecule has 17 heavy (non-hydrogen) atoms. The van der Waals surface area contributed by atoms with Crippen LogP contribution >= 0.6 is 12.2 Å². The minimum absolute atomic E-state index is 0.434. The van der Waals surface area contributed by atoms with E-state index in [0.29, 0.717) is 22.9 Å². The van der Waals surface area contributed by atoms with E-state index >= 15 is 0 Å². The molecule has 2 atom stereocenters. The van der Waals surface area contributed by atoms with Gasteiger partial charge in [0.1, 0.15) is 0 Å². The van der Waals surface area contributed by atoms with Crippen molar-refractivity contribution in [1.29, 1.82) is 0 Å². The Labute approximate surface area is 111 Å². The van der Waals surface area contributed by atoms with Gasteiger partial charge in [0.2, 0.25) is 0 Å². The van der Waals surface area contributed by atoms with E-state index in [4.69, 9.17) is 12.2 Å². The maximum atomic E-state index is 5.55. The van der Waals surface area contributed by atoms with Crippen molar-refractivity contribution in [2.24, 2.45) is 10.8 Å². The summed E-state index contributed by atoms with van der Waals surface area (Å²) in [5.74, 6) is 0. The zero-order valence-corrected chi connectivity index (χ0v) is 12.7. The highest BCUT2D eigenvalue weighted by Crippen LogP contribution is 2.52. The van der Waals surface area contributed by atoms with E-state index in [9.17, 15) is 0 Å². The van der Waals surface area contributed by atoms with Gasteiger partial charge in [-0.15, -0.1) is 0 Å². The maximum Gasteiger partial charge on any atom is 0.169 e. The van der Waals surface area contributed by atoms with Crippen LogP contribution in [0.5, 0.6) is 0 Å². The number of nitrogens with zero attached hydrogens (tertiary/aromatic N) is 1. The molecule has 1 aliphatic carbocycles. The predicted molar refractivity (Wildman–Crippen MR) is 77.1 cm³/mol. The Kier molecular flexibility index (Phi) is 3.18. The van der Waals surface area contributed by atoms with Crippen LogP contribution < -0.4 is 5.32 Å². The SMILES string of the molecule is CC(C)NC(=S)N1C[C@]2(C)C[C@@H]1CC(C)(C)C2. The van der Waals surface area contributed by atoms with Gasteiger partial charge in [0.25, 0.3) is 0 Å². The van der Waals surface area contributed by atoms with Crippen LogP contribution in [-0.4, -0.2) is 28.6 Å². The first kappa shape index (κ1) is 13.1. The average Bonchev–Trinajstić information content (AvgIpc) is 2.33. The van der Waals surface area contributed by atoms with Crippen molar-refractivity contribution in [2.45, 2.75) is 66.0 Å². The first-order valence-electron chi connectivity index (χ1n) is 6.78. The second kappa shape index (κ2) is 4.11. The molecular weight excluding hydrogens is 228 g/mol. The number of thiocarbonyl (C=S) groups is 1. The van der Waals surface area contributed by atoms with Crippen LogP contribution in [-0.2, 0) is 0 Å². The topological polar surface area (TPSA) is 15.3 Å². The van der Waals surface area contributed by atoms with E-state index in [-0.39, 0.29) is 0 Å². The summed E-state index contributed by atoms with van der Waals surface area (Å²) in [4.78, 5) is 2.45. The Balaban J connectivity index is 2.11. The molecule has 3 heteroatoms. The highest BCUT2D eigenvalue weighted by molar-refractivity contribution is 7.80. The van der Waals surface area contributed by atoms with Crippen molar-refractivity contribution in [3.8, 4) is 0 Å². The molecule has 1 aliphatic heterocycles. The van der Waals surface area contributed by atoms with Crippen molar-refractivity contribution in [3.63, 3.8) is 0 Å². The van der Waals surface area contributed by atoms with Crippen LogP contribution in [0.4, 0.5) is 0 Å². The van der Waals surface area contributed by atoms with Gasteiger partial charge in [0, 0.05) is 18.6 Å². The van der Waals surface area contributed by atoms with Gasteiger partial charge in [-0.05, 0) is 56.2 Å². The molecule has 0 radical (unpaired) electrons. The fourth-order valence-electron chi connectivity index (χ4n) is 4.03. The van der Waals surface area contributed by atoms with Gasteiger partial charge in [-0.3, -0.25) is 0 Å². The molecule has 0 aromatic rings. The molecule has 98 valence electrons. The predicted octanol–water partition coefficient (Wildman–Crippen LogP) is 3.17. The third kappa shape index (κ3) is 2.75. The van der Waals surface area contributed by atoms with Crippen molar-refractivity contribution in [3.05, 3.63) is 0 Å². The molecule has 1 saturated carbocycles. The molecule has 2 bridgehead atoms. The fraction of sp³-hybridized carbons (Fsp3) is 0.929. The molecule has 2 rings (SSSR count).